The molecule has 0 spiro atoms. The summed E-state index contributed by atoms with van der Waals surface area (Å²) in [5, 5.41) is 6.42. The predicted octanol–water partition coefficient (Wildman–Crippen LogP) is 5.93. The van der Waals surface area contributed by atoms with Gasteiger partial charge in [0.1, 0.15) is 16.4 Å². The van der Waals surface area contributed by atoms with E-state index in [0.29, 0.717) is 47.1 Å². The van der Waals surface area contributed by atoms with Crippen LogP contribution in [0.25, 0.3) is 32.6 Å². The number of nitrogens with one attached hydrogen (secondary N) is 2. The van der Waals surface area contributed by atoms with Gasteiger partial charge in [-0.2, -0.15) is 13.2 Å². The first-order valence-corrected chi connectivity index (χ1v) is 13.4. The number of urea groups is 1. The van der Waals surface area contributed by atoms with Gasteiger partial charge in [0.05, 0.1) is 12.1 Å². The van der Waals surface area contributed by atoms with E-state index >= 15 is 0 Å². The Balaban J connectivity index is 1.90. The molecular formula is C27H26F3N5O4S. The average molecular weight is 574 g/mol. The largest absolute Gasteiger partial charge is 0.462 e. The minimum atomic E-state index is -4.63. The Labute approximate surface area is 231 Å². The molecule has 0 unspecified atom stereocenters. The molecule has 2 amide bonds. The fraction of sp³-hybridized carbons (Fsp3) is 0.296. The second kappa shape index (κ2) is 11.9. The van der Waals surface area contributed by atoms with Gasteiger partial charge in [0.25, 0.3) is 0 Å². The molecule has 0 fully saturated rings. The number of thiazole rings is 1. The zero-order valence-corrected chi connectivity index (χ0v) is 22.7. The second-order valence-corrected chi connectivity index (χ2v) is 9.51. The Morgan fingerprint density at radius 3 is 2.55 bits per heavy atom. The number of carbonyl (C=O) groups is 2. The number of ether oxygens (including phenoxy) is 1. The maximum absolute atomic E-state index is 13.3. The number of hydrogen-bond acceptors (Lipinski definition) is 7. The van der Waals surface area contributed by atoms with Crippen LogP contribution in [0.2, 0.25) is 0 Å². The quantitative estimate of drug-likeness (QED) is 0.252. The van der Waals surface area contributed by atoms with E-state index in [1.165, 1.54) is 18.5 Å². The highest BCUT2D eigenvalue weighted by molar-refractivity contribution is 7.13. The molecule has 0 aliphatic heterocycles. The number of aryl methyl sites for hydroxylation is 1. The molecule has 0 radical (unpaired) electrons. The molecule has 0 saturated carbocycles. The molecule has 0 bridgehead atoms. The van der Waals surface area contributed by atoms with E-state index in [-0.39, 0.29) is 23.0 Å². The maximum Gasteiger partial charge on any atom is 0.434 e. The van der Waals surface area contributed by atoms with Crippen LogP contribution in [-0.2, 0) is 17.5 Å². The lowest BCUT2D eigenvalue weighted by molar-refractivity contribution is -0.140. The number of nitrogens with zero attached hydrogens (tertiary/aromatic N) is 3. The van der Waals surface area contributed by atoms with E-state index in [0.717, 1.165) is 16.7 Å². The molecule has 210 valence electrons. The van der Waals surface area contributed by atoms with E-state index < -0.39 is 29.3 Å². The summed E-state index contributed by atoms with van der Waals surface area (Å²) in [4.78, 5) is 45.7. The van der Waals surface area contributed by atoms with E-state index in [1.54, 1.807) is 36.6 Å². The third-order valence-corrected chi connectivity index (χ3v) is 6.74. The summed E-state index contributed by atoms with van der Waals surface area (Å²) < 4.78 is 46.9. The molecule has 3 heterocycles. The van der Waals surface area contributed by atoms with Crippen LogP contribution >= 0.6 is 11.3 Å². The topological polar surface area (TPSA) is 115 Å². The maximum atomic E-state index is 13.3. The number of alkyl halides is 3. The number of esters is 1. The van der Waals surface area contributed by atoms with Gasteiger partial charge in [-0.15, -0.1) is 11.3 Å². The molecule has 2 N–H and O–H groups in total. The first-order chi connectivity index (χ1) is 19.1. The van der Waals surface area contributed by atoms with Crippen LogP contribution in [0.3, 0.4) is 0 Å². The third-order valence-electron chi connectivity index (χ3n) is 5.86. The molecule has 13 heteroatoms. The van der Waals surface area contributed by atoms with Crippen molar-refractivity contribution in [3.63, 3.8) is 0 Å². The third kappa shape index (κ3) is 5.98. The molecule has 1 aromatic carbocycles. The van der Waals surface area contributed by atoms with Crippen LogP contribution in [-0.4, -0.2) is 39.7 Å². The first-order valence-electron chi connectivity index (χ1n) is 12.5. The molecule has 4 aromatic rings. The summed E-state index contributed by atoms with van der Waals surface area (Å²) in [6.07, 6.45) is -1.02. The van der Waals surface area contributed by atoms with Gasteiger partial charge in [-0.3, -0.25) is 10.1 Å². The van der Waals surface area contributed by atoms with Crippen molar-refractivity contribution in [2.45, 2.75) is 39.9 Å². The van der Waals surface area contributed by atoms with Crippen molar-refractivity contribution < 1.29 is 27.5 Å². The molecular weight excluding hydrogens is 547 g/mol. The molecule has 0 aliphatic rings. The lowest BCUT2D eigenvalue weighted by Gasteiger charge is -2.15. The fourth-order valence-electron chi connectivity index (χ4n) is 4.12. The highest BCUT2D eigenvalue weighted by Gasteiger charge is 2.34. The lowest BCUT2D eigenvalue weighted by Crippen LogP contribution is -2.28. The Hall–Kier alpha value is -4.26. The van der Waals surface area contributed by atoms with E-state index in [2.05, 4.69) is 20.6 Å². The number of halogens is 3. The van der Waals surface area contributed by atoms with Crippen molar-refractivity contribution >= 4 is 40.1 Å². The minimum absolute atomic E-state index is 0.0763. The molecule has 40 heavy (non-hydrogen) atoms. The van der Waals surface area contributed by atoms with E-state index in [4.69, 9.17) is 4.74 Å². The van der Waals surface area contributed by atoms with Crippen LogP contribution in [0.15, 0.2) is 46.8 Å². The summed E-state index contributed by atoms with van der Waals surface area (Å²) >= 11 is 0.810. The van der Waals surface area contributed by atoms with Crippen LogP contribution in [0.1, 0.15) is 43.2 Å². The normalized spacial score (nSPS) is 11.4. The van der Waals surface area contributed by atoms with Crippen molar-refractivity contribution in [2.75, 3.05) is 18.5 Å². The van der Waals surface area contributed by atoms with Gasteiger partial charge in [0.2, 0.25) is 5.43 Å². The zero-order valence-electron chi connectivity index (χ0n) is 21.9. The van der Waals surface area contributed by atoms with Gasteiger partial charge < -0.3 is 14.6 Å². The van der Waals surface area contributed by atoms with Crippen molar-refractivity contribution in [3.05, 3.63) is 63.5 Å². The van der Waals surface area contributed by atoms with Gasteiger partial charge in [-0.05, 0) is 44.0 Å². The lowest BCUT2D eigenvalue weighted by atomic mass is 9.99. The number of carbonyl (C=O) groups excluding carboxylic acids is 2. The van der Waals surface area contributed by atoms with Crippen molar-refractivity contribution in [1.29, 1.82) is 0 Å². The Bertz CT molecular complexity index is 1630. The van der Waals surface area contributed by atoms with Crippen LogP contribution in [0.5, 0.6) is 0 Å². The van der Waals surface area contributed by atoms with Crippen molar-refractivity contribution in [3.8, 4) is 21.7 Å². The summed E-state index contributed by atoms with van der Waals surface area (Å²) in [5.41, 5.74) is 0.239. The number of rotatable bonds is 8. The second-order valence-electron chi connectivity index (χ2n) is 8.65. The number of anilines is 1. The Morgan fingerprint density at radius 2 is 1.90 bits per heavy atom. The van der Waals surface area contributed by atoms with Gasteiger partial charge in [-0.25, -0.2) is 19.6 Å². The monoisotopic (exact) mass is 573 g/mol. The van der Waals surface area contributed by atoms with Crippen molar-refractivity contribution in [2.24, 2.45) is 0 Å². The number of hydrogen-bond donors (Lipinski definition) is 2. The highest BCUT2D eigenvalue weighted by atomic mass is 32.1. The molecule has 9 nitrogen and oxygen atoms in total. The highest BCUT2D eigenvalue weighted by Crippen LogP contribution is 2.39. The average Bonchev–Trinajstić information content (AvgIpc) is 3.41. The Kier molecular flexibility index (Phi) is 8.52. The molecule has 3 aromatic heterocycles. The van der Waals surface area contributed by atoms with Gasteiger partial charge in [-0.1, -0.05) is 13.0 Å². The summed E-state index contributed by atoms with van der Waals surface area (Å²) in [5.74, 6) is -0.592. The standard InChI is InChI=1S/C27H26F3N5O4S/c1-4-9-35-13-19(25(37)39-6-3)23(36)16-8-7-15(10-20(16)35)18-12-32-22(34-26(38)31-5-2)11-17(18)24-33-21(14-40-24)27(28,29)30/h7-8,10-14H,4-6,9H2,1-3H3,(H2,31,32,34,38). The molecule has 0 aliphatic carbocycles. The van der Waals surface area contributed by atoms with E-state index in [1.807, 2.05) is 6.92 Å². The smallest absolute Gasteiger partial charge is 0.434 e. The van der Waals surface area contributed by atoms with Gasteiger partial charge >= 0.3 is 18.2 Å². The number of benzene rings is 1. The van der Waals surface area contributed by atoms with Crippen LogP contribution in [0.4, 0.5) is 23.8 Å². The summed E-state index contributed by atoms with van der Waals surface area (Å²) in [7, 11) is 0. The number of aromatic nitrogens is 3. The zero-order chi connectivity index (χ0) is 29.0. The van der Waals surface area contributed by atoms with E-state index in [9.17, 15) is 27.6 Å². The predicted molar refractivity (Wildman–Crippen MR) is 146 cm³/mol. The van der Waals surface area contributed by atoms with Crippen LogP contribution in [0, 0.1) is 0 Å². The van der Waals surface area contributed by atoms with Gasteiger partial charge in [0, 0.05) is 47.4 Å². The Morgan fingerprint density at radius 1 is 1.12 bits per heavy atom. The first kappa shape index (κ1) is 28.7. The summed E-state index contributed by atoms with van der Waals surface area (Å²) in [6, 6.07) is 5.85. The fourth-order valence-corrected chi connectivity index (χ4v) is 4.97. The van der Waals surface area contributed by atoms with Crippen LogP contribution < -0.4 is 16.1 Å². The number of amides is 2. The van der Waals surface area contributed by atoms with Gasteiger partial charge in [0.15, 0.2) is 5.69 Å². The minimum Gasteiger partial charge on any atom is -0.462 e. The number of fused-ring (bicyclic) bond motifs is 1. The number of pyridine rings is 2. The van der Waals surface area contributed by atoms with Crippen molar-refractivity contribution in [1.82, 2.24) is 19.9 Å². The molecule has 0 saturated heterocycles. The molecule has 0 atom stereocenters. The SMILES string of the molecule is CCCn1cc(C(=O)OCC)c(=O)c2ccc(-c3cnc(NC(=O)NCC)cc3-c3nc(C(F)(F)F)cs3)cc21. The molecule has 4 rings (SSSR count). The summed E-state index contributed by atoms with van der Waals surface area (Å²) in [6.45, 7) is 6.32.